The molecule has 0 aliphatic heterocycles. The summed E-state index contributed by atoms with van der Waals surface area (Å²) in [5.41, 5.74) is 13.7. The Morgan fingerprint density at radius 1 is 1.20 bits per heavy atom. The summed E-state index contributed by atoms with van der Waals surface area (Å²) in [7, 11) is 0. The molecule has 4 atom stereocenters. The maximum Gasteiger partial charge on any atom is 0.142 e. The third-order valence-electron chi connectivity index (χ3n) is 6.48. The van der Waals surface area contributed by atoms with E-state index in [1.54, 1.807) is 18.3 Å². The summed E-state index contributed by atoms with van der Waals surface area (Å²) in [6.45, 7) is 2.05. The minimum absolute atomic E-state index is 0.241. The molecule has 3 aromatic rings. The molecule has 1 aliphatic carbocycles. The number of hydrogen-bond donors (Lipinski definition) is 4. The lowest BCUT2D eigenvalue weighted by molar-refractivity contribution is -0.0250. The van der Waals surface area contributed by atoms with Crippen molar-refractivity contribution in [3.8, 4) is 0 Å². The number of aryl methyl sites for hydroxylation is 1. The molecule has 30 heavy (non-hydrogen) atoms. The number of halogens is 1. The molecule has 0 unspecified atom stereocenters. The van der Waals surface area contributed by atoms with E-state index in [-0.39, 0.29) is 11.5 Å². The summed E-state index contributed by atoms with van der Waals surface area (Å²) in [5, 5.41) is 23.0. The van der Waals surface area contributed by atoms with Gasteiger partial charge in [0.15, 0.2) is 0 Å². The van der Waals surface area contributed by atoms with Crippen molar-refractivity contribution in [2.45, 2.75) is 57.3 Å². The van der Waals surface area contributed by atoms with Gasteiger partial charge in [-0.05, 0) is 55.4 Å². The second-order valence-corrected chi connectivity index (χ2v) is 9.01. The highest BCUT2D eigenvalue weighted by Crippen LogP contribution is 2.48. The van der Waals surface area contributed by atoms with Crippen LogP contribution in [0.3, 0.4) is 0 Å². The molecule has 4 rings (SSSR count). The van der Waals surface area contributed by atoms with E-state index < -0.39 is 12.2 Å². The van der Waals surface area contributed by atoms with E-state index >= 15 is 0 Å². The number of hydrogen-bond acceptors (Lipinski definition) is 6. The Hall–Kier alpha value is -2.35. The van der Waals surface area contributed by atoms with Crippen molar-refractivity contribution in [3.05, 3.63) is 47.4 Å². The summed E-state index contributed by atoms with van der Waals surface area (Å²) in [5.74, 6) is 0.353. The Labute approximate surface area is 180 Å². The molecule has 0 radical (unpaired) electrons. The minimum Gasteiger partial charge on any atom is -0.398 e. The highest BCUT2D eigenvalue weighted by Gasteiger charge is 2.50. The average molecular weight is 430 g/mol. The summed E-state index contributed by atoms with van der Waals surface area (Å²) < 4.78 is 1.95. The SMILES string of the molecule is C[C@]1(CCCCc2ccc(Cl)c(N)n2)C[C@@H](n2ccc3c(N)ccnc32)[C@H](O)[C@@H]1O. The van der Waals surface area contributed by atoms with Gasteiger partial charge in [0.25, 0.3) is 0 Å². The van der Waals surface area contributed by atoms with Gasteiger partial charge in [0, 0.05) is 29.2 Å². The van der Waals surface area contributed by atoms with Crippen LogP contribution in [-0.4, -0.2) is 37.0 Å². The number of unbranched alkanes of at least 4 members (excludes halogenated alkanes) is 1. The molecule has 8 heteroatoms. The molecule has 0 bridgehead atoms. The quantitative estimate of drug-likeness (QED) is 0.445. The Morgan fingerprint density at radius 3 is 2.77 bits per heavy atom. The zero-order chi connectivity index (χ0) is 21.5. The first kappa shape index (κ1) is 20.9. The van der Waals surface area contributed by atoms with E-state index in [0.717, 1.165) is 42.4 Å². The lowest BCUT2D eigenvalue weighted by Crippen LogP contribution is -2.34. The summed E-state index contributed by atoms with van der Waals surface area (Å²) in [6, 6.07) is 7.09. The van der Waals surface area contributed by atoms with E-state index in [9.17, 15) is 10.2 Å². The summed E-state index contributed by atoms with van der Waals surface area (Å²) in [4.78, 5) is 8.74. The average Bonchev–Trinajstić information content (AvgIpc) is 3.24. The van der Waals surface area contributed by atoms with Crippen molar-refractivity contribution in [1.82, 2.24) is 14.5 Å². The van der Waals surface area contributed by atoms with Crippen molar-refractivity contribution in [2.24, 2.45) is 5.41 Å². The number of anilines is 2. The van der Waals surface area contributed by atoms with Crippen LogP contribution in [0.5, 0.6) is 0 Å². The van der Waals surface area contributed by atoms with Crippen molar-refractivity contribution in [1.29, 1.82) is 0 Å². The lowest BCUT2D eigenvalue weighted by Gasteiger charge is -2.28. The first-order valence-electron chi connectivity index (χ1n) is 10.3. The van der Waals surface area contributed by atoms with Gasteiger partial charge in [-0.1, -0.05) is 24.9 Å². The maximum absolute atomic E-state index is 10.8. The number of nitrogens with zero attached hydrogens (tertiary/aromatic N) is 3. The molecule has 1 saturated carbocycles. The number of nitrogens with two attached hydrogens (primary N) is 2. The number of nitrogen functional groups attached to an aromatic ring is 2. The van der Waals surface area contributed by atoms with Crippen LogP contribution >= 0.6 is 11.6 Å². The monoisotopic (exact) mass is 429 g/mol. The highest BCUT2D eigenvalue weighted by atomic mass is 35.5. The van der Waals surface area contributed by atoms with Gasteiger partial charge >= 0.3 is 0 Å². The predicted molar refractivity (Wildman–Crippen MR) is 119 cm³/mol. The normalized spacial score (nSPS) is 26.5. The largest absolute Gasteiger partial charge is 0.398 e. The molecule has 0 amide bonds. The smallest absolute Gasteiger partial charge is 0.142 e. The van der Waals surface area contributed by atoms with Gasteiger partial charge in [-0.25, -0.2) is 9.97 Å². The zero-order valence-corrected chi connectivity index (χ0v) is 17.8. The van der Waals surface area contributed by atoms with Crippen LogP contribution in [0, 0.1) is 5.41 Å². The first-order chi connectivity index (χ1) is 14.3. The van der Waals surface area contributed by atoms with Gasteiger partial charge in [0.05, 0.1) is 17.2 Å². The van der Waals surface area contributed by atoms with Gasteiger partial charge in [-0.15, -0.1) is 0 Å². The molecule has 7 nitrogen and oxygen atoms in total. The number of pyridine rings is 2. The van der Waals surface area contributed by atoms with Gasteiger partial charge in [0.1, 0.15) is 17.6 Å². The van der Waals surface area contributed by atoms with Crippen molar-refractivity contribution >= 4 is 34.1 Å². The number of aliphatic hydroxyl groups excluding tert-OH is 2. The van der Waals surface area contributed by atoms with E-state index in [0.29, 0.717) is 22.9 Å². The molecule has 0 saturated heterocycles. The zero-order valence-electron chi connectivity index (χ0n) is 17.0. The lowest BCUT2D eigenvalue weighted by atomic mass is 9.80. The van der Waals surface area contributed by atoms with Crippen LogP contribution in [0.4, 0.5) is 11.5 Å². The summed E-state index contributed by atoms with van der Waals surface area (Å²) >= 11 is 5.92. The van der Waals surface area contributed by atoms with E-state index in [4.69, 9.17) is 23.1 Å². The van der Waals surface area contributed by atoms with Crippen molar-refractivity contribution in [2.75, 3.05) is 11.5 Å². The fourth-order valence-corrected chi connectivity index (χ4v) is 4.78. The Bertz CT molecular complexity index is 1060. The molecular formula is C22H28ClN5O2. The molecule has 1 fully saturated rings. The third-order valence-corrected chi connectivity index (χ3v) is 6.79. The Morgan fingerprint density at radius 2 is 2.00 bits per heavy atom. The van der Waals surface area contributed by atoms with Crippen LogP contribution in [0.15, 0.2) is 36.7 Å². The predicted octanol–water partition coefficient (Wildman–Crippen LogP) is 3.34. The Kier molecular flexibility index (Phi) is 5.61. The summed E-state index contributed by atoms with van der Waals surface area (Å²) in [6.07, 6.45) is 6.01. The minimum atomic E-state index is -0.855. The second kappa shape index (κ2) is 8.06. The Balaban J connectivity index is 1.42. The van der Waals surface area contributed by atoms with E-state index in [1.165, 1.54) is 0 Å². The number of aliphatic hydroxyl groups is 2. The molecule has 160 valence electrons. The second-order valence-electron chi connectivity index (χ2n) is 8.60. The van der Waals surface area contributed by atoms with Gasteiger partial charge in [0.2, 0.25) is 0 Å². The molecule has 0 spiro atoms. The van der Waals surface area contributed by atoms with Crippen LogP contribution in [0.25, 0.3) is 11.0 Å². The fourth-order valence-electron chi connectivity index (χ4n) is 4.68. The molecule has 1 aliphatic rings. The molecule has 6 N–H and O–H groups in total. The van der Waals surface area contributed by atoms with Crippen LogP contribution in [0.1, 0.15) is 44.3 Å². The third kappa shape index (κ3) is 3.73. The van der Waals surface area contributed by atoms with Gasteiger partial charge in [-0.3, -0.25) is 0 Å². The molecular weight excluding hydrogens is 402 g/mol. The van der Waals surface area contributed by atoms with Crippen LogP contribution < -0.4 is 11.5 Å². The van der Waals surface area contributed by atoms with E-state index in [1.807, 2.05) is 29.8 Å². The molecule has 3 aromatic heterocycles. The van der Waals surface area contributed by atoms with Gasteiger partial charge in [-0.2, -0.15) is 0 Å². The molecule has 3 heterocycles. The van der Waals surface area contributed by atoms with Crippen LogP contribution in [-0.2, 0) is 6.42 Å². The number of rotatable bonds is 6. The molecule has 0 aromatic carbocycles. The van der Waals surface area contributed by atoms with Crippen molar-refractivity contribution < 1.29 is 10.2 Å². The highest BCUT2D eigenvalue weighted by molar-refractivity contribution is 6.32. The topological polar surface area (TPSA) is 123 Å². The van der Waals surface area contributed by atoms with Crippen LogP contribution in [0.2, 0.25) is 5.02 Å². The van der Waals surface area contributed by atoms with Crippen molar-refractivity contribution in [3.63, 3.8) is 0 Å². The van der Waals surface area contributed by atoms with E-state index in [2.05, 4.69) is 9.97 Å². The number of fused-ring (bicyclic) bond motifs is 1. The fraction of sp³-hybridized carbons (Fsp3) is 0.455. The number of aromatic nitrogens is 3. The maximum atomic E-state index is 10.8. The standard InChI is InChI=1S/C22H28ClN5O2/c1-22(9-3-2-4-13-5-6-15(23)20(25)27-13)12-17(18(29)19(22)30)28-11-8-14-16(24)7-10-26-21(14)28/h5-8,10-11,17-19,29-30H,2-4,9,12H2,1H3,(H2,24,26)(H2,25,27)/t17-,18+,19+,22+/m1/s1. The van der Waals surface area contributed by atoms with Gasteiger partial charge < -0.3 is 26.2 Å². The first-order valence-corrected chi connectivity index (χ1v) is 10.7.